The summed E-state index contributed by atoms with van der Waals surface area (Å²) in [5.74, 6) is 0. The van der Waals surface area contributed by atoms with E-state index in [0.29, 0.717) is 0 Å². The molecule has 0 bridgehead atoms. The molecule has 1 saturated heterocycles. The number of benzene rings is 1. The Balaban J connectivity index is 2.01. The monoisotopic (exact) mass is 316 g/mol. The fourth-order valence-corrected chi connectivity index (χ4v) is 2.63. The Morgan fingerprint density at radius 2 is 1.93 bits per heavy atom. The molecule has 0 aliphatic carbocycles. The van der Waals surface area contributed by atoms with Crippen molar-refractivity contribution in [2.75, 3.05) is 35.6 Å². The van der Waals surface area contributed by atoms with Crippen LogP contribution in [-0.4, -0.2) is 35.6 Å². The standard InChI is InChI=1S/C12H17IN2/c1-11-3-2-4-12(9-11)15-7-5-14(10-13)6-8-15/h2-4,9H,5-8,10H2,1H3. The van der Waals surface area contributed by atoms with Crippen LogP contribution in [0.3, 0.4) is 0 Å². The molecular weight excluding hydrogens is 299 g/mol. The molecule has 15 heavy (non-hydrogen) atoms. The Morgan fingerprint density at radius 1 is 1.20 bits per heavy atom. The summed E-state index contributed by atoms with van der Waals surface area (Å²) in [5.41, 5.74) is 2.73. The van der Waals surface area contributed by atoms with Gasteiger partial charge in [0.15, 0.2) is 0 Å². The summed E-state index contributed by atoms with van der Waals surface area (Å²) in [6.45, 7) is 6.86. The van der Waals surface area contributed by atoms with Crippen LogP contribution in [0.15, 0.2) is 24.3 Å². The average Bonchev–Trinajstić information content (AvgIpc) is 2.29. The van der Waals surface area contributed by atoms with E-state index in [1.807, 2.05) is 0 Å². The van der Waals surface area contributed by atoms with Crippen LogP contribution in [-0.2, 0) is 0 Å². The van der Waals surface area contributed by atoms with Crippen LogP contribution in [0.1, 0.15) is 5.56 Å². The SMILES string of the molecule is Cc1cccc(N2CCN(CI)CC2)c1. The van der Waals surface area contributed by atoms with E-state index in [2.05, 4.69) is 63.6 Å². The Bertz CT molecular complexity index is 319. The smallest absolute Gasteiger partial charge is 0.0507 e. The minimum atomic E-state index is 1.15. The molecule has 0 N–H and O–H groups in total. The predicted octanol–water partition coefficient (Wildman–Crippen LogP) is 2.51. The average molecular weight is 316 g/mol. The molecular formula is C12H17IN2. The number of piperazine rings is 1. The van der Waals surface area contributed by atoms with Crippen molar-refractivity contribution in [3.05, 3.63) is 29.8 Å². The number of hydrogen-bond donors (Lipinski definition) is 0. The maximum atomic E-state index is 2.49. The molecule has 0 radical (unpaired) electrons. The van der Waals surface area contributed by atoms with E-state index in [1.54, 1.807) is 0 Å². The maximum absolute atomic E-state index is 2.49. The molecule has 1 aromatic rings. The lowest BCUT2D eigenvalue weighted by molar-refractivity contribution is 0.307. The molecule has 1 aromatic carbocycles. The van der Waals surface area contributed by atoms with Crippen molar-refractivity contribution in [2.45, 2.75) is 6.92 Å². The van der Waals surface area contributed by atoms with Crippen molar-refractivity contribution in [2.24, 2.45) is 0 Å². The highest BCUT2D eigenvalue weighted by Crippen LogP contribution is 2.17. The number of rotatable bonds is 2. The van der Waals surface area contributed by atoms with Gasteiger partial charge in [-0.15, -0.1) is 0 Å². The lowest BCUT2D eigenvalue weighted by Crippen LogP contribution is -2.45. The highest BCUT2D eigenvalue weighted by molar-refractivity contribution is 14.1. The van der Waals surface area contributed by atoms with E-state index >= 15 is 0 Å². The second-order valence-electron chi connectivity index (χ2n) is 4.06. The maximum Gasteiger partial charge on any atom is 0.0507 e. The van der Waals surface area contributed by atoms with Crippen LogP contribution in [0.4, 0.5) is 5.69 Å². The van der Waals surface area contributed by atoms with Gasteiger partial charge in [0.25, 0.3) is 0 Å². The van der Waals surface area contributed by atoms with Gasteiger partial charge < -0.3 is 4.90 Å². The first-order valence-corrected chi connectivity index (χ1v) is 6.92. The summed E-state index contributed by atoms with van der Waals surface area (Å²) in [4.78, 5) is 4.97. The zero-order valence-electron chi connectivity index (χ0n) is 9.12. The van der Waals surface area contributed by atoms with Crippen molar-refractivity contribution in [1.29, 1.82) is 0 Å². The summed E-state index contributed by atoms with van der Waals surface area (Å²) >= 11 is 2.44. The first kappa shape index (κ1) is 11.2. The molecule has 1 aliphatic heterocycles. The molecule has 1 fully saturated rings. The second-order valence-corrected chi connectivity index (χ2v) is 4.75. The summed E-state index contributed by atoms with van der Waals surface area (Å²) in [7, 11) is 0. The summed E-state index contributed by atoms with van der Waals surface area (Å²) < 4.78 is 1.15. The van der Waals surface area contributed by atoms with Crippen LogP contribution >= 0.6 is 22.6 Å². The van der Waals surface area contributed by atoms with Gasteiger partial charge in [0.05, 0.1) is 4.55 Å². The van der Waals surface area contributed by atoms with Gasteiger partial charge in [-0.25, -0.2) is 0 Å². The van der Waals surface area contributed by atoms with Gasteiger partial charge in [-0.1, -0.05) is 34.7 Å². The van der Waals surface area contributed by atoms with Crippen LogP contribution in [0.5, 0.6) is 0 Å². The number of alkyl halides is 1. The lowest BCUT2D eigenvalue weighted by atomic mass is 10.2. The highest BCUT2D eigenvalue weighted by Gasteiger charge is 2.15. The van der Waals surface area contributed by atoms with Crippen molar-refractivity contribution in [3.63, 3.8) is 0 Å². The molecule has 82 valence electrons. The number of halogens is 1. The van der Waals surface area contributed by atoms with Gasteiger partial charge in [0, 0.05) is 31.9 Å². The minimum Gasteiger partial charge on any atom is -0.369 e. The van der Waals surface area contributed by atoms with E-state index in [0.717, 1.165) is 17.6 Å². The zero-order chi connectivity index (χ0) is 10.7. The minimum absolute atomic E-state index is 1.15. The Hall–Kier alpha value is -0.290. The zero-order valence-corrected chi connectivity index (χ0v) is 11.3. The van der Waals surface area contributed by atoms with Gasteiger partial charge in [-0.3, -0.25) is 4.90 Å². The molecule has 0 spiro atoms. The molecule has 1 heterocycles. The Labute approximate surface area is 105 Å². The largest absolute Gasteiger partial charge is 0.369 e. The van der Waals surface area contributed by atoms with Crippen molar-refractivity contribution in [1.82, 2.24) is 4.90 Å². The van der Waals surface area contributed by atoms with Crippen LogP contribution in [0, 0.1) is 6.92 Å². The second kappa shape index (κ2) is 5.16. The van der Waals surface area contributed by atoms with Crippen molar-refractivity contribution >= 4 is 28.3 Å². The molecule has 2 rings (SSSR count). The van der Waals surface area contributed by atoms with E-state index in [9.17, 15) is 0 Å². The Kier molecular flexibility index (Phi) is 3.86. The molecule has 0 unspecified atom stereocenters. The Morgan fingerprint density at radius 3 is 2.53 bits per heavy atom. The van der Waals surface area contributed by atoms with Gasteiger partial charge in [0.2, 0.25) is 0 Å². The van der Waals surface area contributed by atoms with Crippen molar-refractivity contribution in [3.8, 4) is 0 Å². The number of hydrogen-bond acceptors (Lipinski definition) is 2. The number of aryl methyl sites for hydroxylation is 1. The van der Waals surface area contributed by atoms with Crippen LogP contribution in [0.25, 0.3) is 0 Å². The van der Waals surface area contributed by atoms with Crippen LogP contribution < -0.4 is 4.90 Å². The summed E-state index contributed by atoms with van der Waals surface area (Å²) in [6.07, 6.45) is 0. The molecule has 1 aliphatic rings. The van der Waals surface area contributed by atoms with E-state index in [1.165, 1.54) is 24.3 Å². The lowest BCUT2D eigenvalue weighted by Gasteiger charge is -2.35. The topological polar surface area (TPSA) is 6.48 Å². The van der Waals surface area contributed by atoms with E-state index in [-0.39, 0.29) is 0 Å². The summed E-state index contributed by atoms with van der Waals surface area (Å²) in [6, 6.07) is 8.80. The van der Waals surface area contributed by atoms with Gasteiger partial charge in [-0.05, 0) is 24.6 Å². The summed E-state index contributed by atoms with van der Waals surface area (Å²) in [5, 5.41) is 0. The first-order valence-electron chi connectivity index (χ1n) is 5.39. The fourth-order valence-electron chi connectivity index (χ4n) is 1.95. The van der Waals surface area contributed by atoms with E-state index in [4.69, 9.17) is 0 Å². The van der Waals surface area contributed by atoms with Crippen molar-refractivity contribution < 1.29 is 0 Å². The third kappa shape index (κ3) is 2.84. The number of nitrogens with zero attached hydrogens (tertiary/aromatic N) is 2. The molecule has 0 aromatic heterocycles. The highest BCUT2D eigenvalue weighted by atomic mass is 127. The fraction of sp³-hybridized carbons (Fsp3) is 0.500. The first-order chi connectivity index (χ1) is 7.29. The molecule has 2 nitrogen and oxygen atoms in total. The third-order valence-electron chi connectivity index (χ3n) is 2.91. The third-order valence-corrected chi connectivity index (χ3v) is 3.87. The van der Waals surface area contributed by atoms with E-state index < -0.39 is 0 Å². The molecule has 3 heteroatoms. The molecule has 0 amide bonds. The number of anilines is 1. The van der Waals surface area contributed by atoms with Gasteiger partial charge in [-0.2, -0.15) is 0 Å². The molecule has 0 atom stereocenters. The van der Waals surface area contributed by atoms with Gasteiger partial charge >= 0.3 is 0 Å². The van der Waals surface area contributed by atoms with Gasteiger partial charge in [0.1, 0.15) is 0 Å². The quantitative estimate of drug-likeness (QED) is 0.470. The molecule has 0 saturated carbocycles. The predicted molar refractivity (Wildman–Crippen MR) is 73.9 cm³/mol. The normalized spacial score (nSPS) is 18.1. The van der Waals surface area contributed by atoms with Crippen LogP contribution in [0.2, 0.25) is 0 Å².